The number of benzene rings is 9. The van der Waals surface area contributed by atoms with Gasteiger partial charge in [-0.15, -0.1) is 0 Å². The van der Waals surface area contributed by atoms with E-state index in [1.807, 2.05) is 36.4 Å². The summed E-state index contributed by atoms with van der Waals surface area (Å²) in [4.78, 5) is 0. The predicted octanol–water partition coefficient (Wildman–Crippen LogP) is 21.9. The first kappa shape index (κ1) is 51.6. The van der Waals surface area contributed by atoms with Crippen LogP contribution in [0.15, 0.2) is 158 Å². The molecule has 0 unspecified atom stereocenters. The zero-order chi connectivity index (χ0) is 56.7. The van der Waals surface area contributed by atoms with Crippen molar-refractivity contribution in [2.24, 2.45) is 0 Å². The molecular weight excluding hydrogens is 1010 g/mol. The second-order valence-electron chi connectivity index (χ2n) is 26.4. The molecule has 0 saturated heterocycles. The molecule has 0 aliphatic rings. The molecule has 8 heteroatoms. The normalized spacial score (nSPS) is 13.6. The molecule has 2 nitrogen and oxygen atoms in total. The molecule has 80 heavy (non-hydrogen) atoms. The lowest BCUT2D eigenvalue weighted by Crippen LogP contribution is -2.16. The number of hydrogen-bond donors (Lipinski definition) is 0. The van der Waals surface area contributed by atoms with E-state index in [0.717, 1.165) is 111 Å². The first-order valence-corrected chi connectivity index (χ1v) is 27.6. The highest BCUT2D eigenvalue weighted by Gasteiger charge is 2.37. The van der Waals surface area contributed by atoms with Crippen LogP contribution in [0.25, 0.3) is 121 Å². The lowest BCUT2D eigenvalue weighted by molar-refractivity contribution is -0.137. The fourth-order valence-corrected chi connectivity index (χ4v) is 12.8. The molecule has 0 radical (unpaired) electrons. The summed E-state index contributed by atoms with van der Waals surface area (Å²) in [6.07, 6.45) is -9.19. The van der Waals surface area contributed by atoms with Gasteiger partial charge >= 0.3 is 12.4 Å². The van der Waals surface area contributed by atoms with E-state index in [-0.39, 0.29) is 32.8 Å². The molecule has 0 fully saturated rings. The third-order valence-electron chi connectivity index (χ3n) is 17.0. The van der Waals surface area contributed by atoms with Crippen LogP contribution in [-0.4, -0.2) is 8.80 Å². The molecule has 0 aliphatic heterocycles. The highest BCUT2D eigenvalue weighted by molar-refractivity contribution is 6.46. The van der Waals surface area contributed by atoms with E-state index in [1.165, 1.54) is 34.4 Å². The van der Waals surface area contributed by atoms with Crippen molar-refractivity contribution >= 4 is 76.2 Å². The Kier molecular flexibility index (Phi) is 10.9. The van der Waals surface area contributed by atoms with Crippen LogP contribution in [0.5, 0.6) is 0 Å². The number of rotatable bonds is 4. The van der Waals surface area contributed by atoms with Crippen molar-refractivity contribution in [2.75, 3.05) is 0 Å². The molecule has 4 aromatic heterocycles. The summed E-state index contributed by atoms with van der Waals surface area (Å²) in [5, 5.41) is 7.54. The molecule has 0 saturated carbocycles. The Morgan fingerprint density at radius 1 is 0.275 bits per heavy atom. The molecule has 0 atom stereocenters. The average molecular weight is 1070 g/mol. The Morgan fingerprint density at radius 2 is 0.588 bits per heavy atom. The van der Waals surface area contributed by atoms with Crippen molar-refractivity contribution in [3.8, 4) is 44.5 Å². The van der Waals surface area contributed by atoms with Gasteiger partial charge in [0.2, 0.25) is 0 Å². The maximum Gasteiger partial charge on any atom is 0.417 e. The van der Waals surface area contributed by atoms with E-state index < -0.39 is 23.5 Å². The third-order valence-corrected chi connectivity index (χ3v) is 17.0. The first-order valence-electron chi connectivity index (χ1n) is 27.6. The molecule has 0 aliphatic carbocycles. The quantitative estimate of drug-likeness (QED) is 0.155. The summed E-state index contributed by atoms with van der Waals surface area (Å²) >= 11 is 0. The Hall–Kier alpha value is -7.84. The number of alkyl halides is 6. The summed E-state index contributed by atoms with van der Waals surface area (Å²) < 4.78 is 94.5. The highest BCUT2D eigenvalue weighted by atomic mass is 19.4. The van der Waals surface area contributed by atoms with Crippen molar-refractivity contribution < 1.29 is 26.3 Å². The van der Waals surface area contributed by atoms with Gasteiger partial charge in [-0.05, 0) is 102 Å². The maximum absolute atomic E-state index is 15.0. The summed E-state index contributed by atoms with van der Waals surface area (Å²) in [6.45, 7) is 26.7. The minimum atomic E-state index is -4.60. The number of aromatic nitrogens is 2. The Labute approximate surface area is 462 Å². The maximum atomic E-state index is 15.0. The molecule has 4 heterocycles. The summed E-state index contributed by atoms with van der Waals surface area (Å²) in [5.74, 6) is 0. The molecule has 0 amide bonds. The van der Waals surface area contributed by atoms with Gasteiger partial charge in [0.15, 0.2) is 0 Å². The lowest BCUT2D eigenvalue weighted by Gasteiger charge is -2.26. The van der Waals surface area contributed by atoms with Gasteiger partial charge < -0.3 is 8.80 Å². The van der Waals surface area contributed by atoms with Crippen molar-refractivity contribution in [3.63, 3.8) is 0 Å². The van der Waals surface area contributed by atoms with E-state index >= 15 is 0 Å². The van der Waals surface area contributed by atoms with E-state index in [1.54, 1.807) is 24.3 Å². The Morgan fingerprint density at radius 3 is 0.912 bits per heavy atom. The fraction of sp³-hybridized carbons (Fsp3) is 0.250. The predicted molar refractivity (Wildman–Crippen MR) is 322 cm³/mol. The van der Waals surface area contributed by atoms with E-state index in [4.69, 9.17) is 0 Å². The molecule has 13 rings (SSSR count). The average Bonchev–Trinajstić information content (AvgIpc) is 4.34. The number of fused-ring (bicyclic) bond motifs is 14. The summed E-state index contributed by atoms with van der Waals surface area (Å²) in [7, 11) is 0. The van der Waals surface area contributed by atoms with Crippen LogP contribution < -0.4 is 0 Å². The second-order valence-corrected chi connectivity index (χ2v) is 26.4. The van der Waals surface area contributed by atoms with Crippen molar-refractivity contribution in [1.82, 2.24) is 8.80 Å². The van der Waals surface area contributed by atoms with Crippen LogP contribution in [-0.2, 0) is 34.0 Å². The van der Waals surface area contributed by atoms with Gasteiger partial charge in [0, 0.05) is 54.2 Å². The van der Waals surface area contributed by atoms with Gasteiger partial charge in [-0.25, -0.2) is 0 Å². The van der Waals surface area contributed by atoms with Crippen LogP contribution >= 0.6 is 0 Å². The van der Waals surface area contributed by atoms with Gasteiger partial charge in [-0.1, -0.05) is 217 Å². The highest BCUT2D eigenvalue weighted by Crippen LogP contribution is 2.55. The Balaban J connectivity index is 1.28. The Bertz CT molecular complexity index is 4340. The van der Waals surface area contributed by atoms with Gasteiger partial charge in [-0.2, -0.15) is 26.3 Å². The number of hydrogen-bond acceptors (Lipinski definition) is 0. The van der Waals surface area contributed by atoms with Crippen LogP contribution in [0.1, 0.15) is 116 Å². The zero-order valence-corrected chi connectivity index (χ0v) is 47.2. The number of halogens is 6. The molecule has 0 N–H and O–H groups in total. The minimum Gasteiger partial charge on any atom is -0.307 e. The first-order chi connectivity index (χ1) is 37.5. The van der Waals surface area contributed by atoms with Gasteiger partial charge in [0.1, 0.15) is 0 Å². The van der Waals surface area contributed by atoms with E-state index in [0.29, 0.717) is 11.1 Å². The van der Waals surface area contributed by atoms with Crippen LogP contribution in [0.2, 0.25) is 0 Å². The van der Waals surface area contributed by atoms with E-state index in [9.17, 15) is 26.3 Å². The van der Waals surface area contributed by atoms with Crippen LogP contribution in [0, 0.1) is 0 Å². The molecule has 402 valence electrons. The molecule has 13 aromatic rings. The zero-order valence-electron chi connectivity index (χ0n) is 47.2. The molecule has 9 aromatic carbocycles. The summed E-state index contributed by atoms with van der Waals surface area (Å²) in [6, 6.07) is 49.7. The number of para-hydroxylation sites is 2. The van der Waals surface area contributed by atoms with E-state index in [2.05, 4.69) is 165 Å². The summed E-state index contributed by atoms with van der Waals surface area (Å²) in [5.41, 5.74) is 12.9. The van der Waals surface area contributed by atoms with Crippen molar-refractivity contribution in [1.29, 1.82) is 0 Å². The number of nitrogens with zero attached hydrogens (tertiary/aromatic N) is 2. The lowest BCUT2D eigenvalue weighted by atomic mass is 9.78. The molecule has 0 spiro atoms. The molecular formula is C72H62F6N2. The standard InChI is InChI=1S/C72H62F6N2/c1-67(2,3)43-31-41(32-44(37-43)68(4,5)6)49-21-17-23-53-61-59-52-30-28-40(48-20-14-16-26-56(48)72(76,77)78)36-58(52)80-64-50(42-33-45(69(7,8)9)38-46(34-42)70(10,11)12)22-18-24-54(64)62(66(59)80)60-51-29-27-39(35-57(51)79(63(49)53)65(60)61)47-19-13-15-25-55(47)71(73,74)75/h13-38H,1-12H3. The van der Waals surface area contributed by atoms with Gasteiger partial charge in [0.25, 0.3) is 0 Å². The molecule has 0 bridgehead atoms. The third kappa shape index (κ3) is 7.74. The SMILES string of the molecule is CC(C)(C)c1cc(-c2cccc3c4c5c6ccc(-c7ccccc7C(F)(F)F)cc6n6c7c(-c8cc(C(C)(C)C)cc(C(C)(C)C)c8)cccc7c(c7c8ccc(-c9ccccc9C(F)(F)F)cc8n(c23)c74)c56)cc(C(C)(C)C)c1. The van der Waals surface area contributed by atoms with Crippen LogP contribution in [0.4, 0.5) is 26.3 Å². The minimum absolute atomic E-state index is 0.0940. The van der Waals surface area contributed by atoms with Gasteiger partial charge in [-0.3, -0.25) is 0 Å². The smallest absolute Gasteiger partial charge is 0.307 e. The van der Waals surface area contributed by atoms with Crippen molar-refractivity contribution in [3.05, 3.63) is 191 Å². The largest absolute Gasteiger partial charge is 0.417 e. The second kappa shape index (κ2) is 16.9. The van der Waals surface area contributed by atoms with Crippen molar-refractivity contribution in [2.45, 2.75) is 117 Å². The van der Waals surface area contributed by atoms with Crippen LogP contribution in [0.3, 0.4) is 0 Å². The van der Waals surface area contributed by atoms with Gasteiger partial charge in [0.05, 0.1) is 44.2 Å². The monoisotopic (exact) mass is 1070 g/mol. The fourth-order valence-electron chi connectivity index (χ4n) is 12.8. The topological polar surface area (TPSA) is 8.82 Å².